The highest BCUT2D eigenvalue weighted by atomic mass is 15.0. The zero-order valence-corrected chi connectivity index (χ0v) is 13.6. The predicted octanol–water partition coefficient (Wildman–Crippen LogP) is 5.82. The van der Waals surface area contributed by atoms with Gasteiger partial charge in [-0.3, -0.25) is 4.40 Å². The summed E-state index contributed by atoms with van der Waals surface area (Å²) in [6, 6.07) is 31.5. The molecule has 0 saturated heterocycles. The van der Waals surface area contributed by atoms with E-state index >= 15 is 0 Å². The highest BCUT2D eigenvalue weighted by molar-refractivity contribution is 5.97. The molecule has 0 aliphatic heterocycles. The van der Waals surface area contributed by atoms with Gasteiger partial charge in [0.1, 0.15) is 5.65 Å². The Labute approximate surface area is 146 Å². The normalized spacial score (nSPS) is 11.2. The van der Waals surface area contributed by atoms with Gasteiger partial charge in [-0.05, 0) is 11.5 Å². The summed E-state index contributed by atoms with van der Waals surface area (Å²) in [6.07, 6.45) is 2.12. The maximum Gasteiger partial charge on any atom is 0.145 e. The van der Waals surface area contributed by atoms with Crippen molar-refractivity contribution < 1.29 is 0 Å². The number of nitrogens with zero attached hydrogens (tertiary/aromatic N) is 2. The molecule has 0 saturated carbocycles. The Morgan fingerprint density at radius 2 is 1.24 bits per heavy atom. The lowest BCUT2D eigenvalue weighted by Gasteiger charge is -2.06. The van der Waals surface area contributed by atoms with E-state index in [-0.39, 0.29) is 0 Å². The summed E-state index contributed by atoms with van der Waals surface area (Å²) in [5, 5.41) is 2.38. The fourth-order valence-corrected chi connectivity index (χ4v) is 3.44. The fraction of sp³-hybridized carbons (Fsp3) is 0. The highest BCUT2D eigenvalue weighted by Gasteiger charge is 2.16. The summed E-state index contributed by atoms with van der Waals surface area (Å²) in [4.78, 5) is 5.05. The molecule has 5 aromatic rings. The van der Waals surface area contributed by atoms with Crippen molar-refractivity contribution in [1.29, 1.82) is 0 Å². The number of imidazole rings is 1. The largest absolute Gasteiger partial charge is 0.298 e. The number of benzene rings is 3. The number of hydrogen-bond donors (Lipinski definition) is 0. The molecule has 2 heteroatoms. The van der Waals surface area contributed by atoms with Gasteiger partial charge in [0.2, 0.25) is 0 Å². The van der Waals surface area contributed by atoms with Crippen LogP contribution in [-0.4, -0.2) is 9.38 Å². The molecule has 118 valence electrons. The molecule has 0 radical (unpaired) electrons. The van der Waals surface area contributed by atoms with Crippen molar-refractivity contribution in [3.8, 4) is 22.5 Å². The molecule has 0 amide bonds. The van der Waals surface area contributed by atoms with Crippen molar-refractivity contribution in [2.75, 3.05) is 0 Å². The summed E-state index contributed by atoms with van der Waals surface area (Å²) in [5.41, 5.74) is 5.45. The molecule has 0 aliphatic carbocycles. The predicted molar refractivity (Wildman–Crippen MR) is 104 cm³/mol. The zero-order chi connectivity index (χ0) is 16.6. The second-order valence-corrected chi connectivity index (χ2v) is 6.14. The van der Waals surface area contributed by atoms with Crippen molar-refractivity contribution in [3.05, 3.63) is 97.2 Å². The Hall–Kier alpha value is -3.39. The zero-order valence-electron chi connectivity index (χ0n) is 13.6. The first-order chi connectivity index (χ1) is 12.4. The van der Waals surface area contributed by atoms with Crippen LogP contribution in [0.1, 0.15) is 0 Å². The quantitative estimate of drug-likeness (QED) is 0.400. The third kappa shape index (κ3) is 2.23. The Kier molecular flexibility index (Phi) is 3.14. The van der Waals surface area contributed by atoms with Gasteiger partial charge in [-0.25, -0.2) is 4.98 Å². The van der Waals surface area contributed by atoms with Crippen molar-refractivity contribution >= 4 is 16.4 Å². The standard InChI is InChI=1S/C23H16N2/c1-3-10-18(11-4-1)21-22(19-12-5-2-6-13-19)25-16-15-17-9-7-8-14-20(17)23(25)24-21/h1-16H. The molecule has 2 nitrogen and oxygen atoms in total. The van der Waals surface area contributed by atoms with E-state index in [4.69, 9.17) is 4.98 Å². The van der Waals surface area contributed by atoms with Crippen LogP contribution in [0.2, 0.25) is 0 Å². The summed E-state index contributed by atoms with van der Waals surface area (Å²) >= 11 is 0. The maximum atomic E-state index is 5.05. The van der Waals surface area contributed by atoms with Gasteiger partial charge in [0, 0.05) is 22.7 Å². The van der Waals surface area contributed by atoms with Crippen LogP contribution in [-0.2, 0) is 0 Å². The van der Waals surface area contributed by atoms with Gasteiger partial charge in [0.25, 0.3) is 0 Å². The van der Waals surface area contributed by atoms with Crippen LogP contribution in [0, 0.1) is 0 Å². The van der Waals surface area contributed by atoms with Gasteiger partial charge in [0.05, 0.1) is 11.4 Å². The van der Waals surface area contributed by atoms with Crippen molar-refractivity contribution in [3.63, 3.8) is 0 Å². The average Bonchev–Trinajstić information content (AvgIpc) is 3.09. The smallest absolute Gasteiger partial charge is 0.145 e. The molecule has 25 heavy (non-hydrogen) atoms. The maximum absolute atomic E-state index is 5.05. The lowest BCUT2D eigenvalue weighted by molar-refractivity contribution is 1.21. The minimum atomic E-state index is 0.996. The number of pyridine rings is 1. The first-order valence-corrected chi connectivity index (χ1v) is 8.42. The molecule has 2 aromatic heterocycles. The van der Waals surface area contributed by atoms with Crippen LogP contribution in [0.25, 0.3) is 38.9 Å². The van der Waals surface area contributed by atoms with Crippen molar-refractivity contribution in [2.24, 2.45) is 0 Å². The van der Waals surface area contributed by atoms with Crippen LogP contribution in [0.5, 0.6) is 0 Å². The SMILES string of the molecule is c1ccc(-c2nc3c4ccccc4ccn3c2-c2ccccc2)cc1. The molecule has 0 aliphatic rings. The molecule has 5 rings (SSSR count). The molecule has 0 spiro atoms. The number of rotatable bonds is 2. The minimum absolute atomic E-state index is 0.996. The molecule has 0 unspecified atom stereocenters. The molecule has 0 atom stereocenters. The van der Waals surface area contributed by atoms with Gasteiger partial charge in [-0.2, -0.15) is 0 Å². The van der Waals surface area contributed by atoms with Crippen LogP contribution in [0.4, 0.5) is 0 Å². The lowest BCUT2D eigenvalue weighted by Crippen LogP contribution is -1.90. The molecule has 3 aromatic carbocycles. The average molecular weight is 320 g/mol. The monoisotopic (exact) mass is 320 g/mol. The van der Waals surface area contributed by atoms with Gasteiger partial charge in [-0.15, -0.1) is 0 Å². The molecule has 0 bridgehead atoms. The van der Waals surface area contributed by atoms with Gasteiger partial charge in [0.15, 0.2) is 0 Å². The van der Waals surface area contributed by atoms with Crippen LogP contribution >= 0.6 is 0 Å². The van der Waals surface area contributed by atoms with Gasteiger partial charge >= 0.3 is 0 Å². The van der Waals surface area contributed by atoms with Gasteiger partial charge < -0.3 is 0 Å². The van der Waals surface area contributed by atoms with Gasteiger partial charge in [-0.1, -0.05) is 84.9 Å². The number of aromatic nitrogens is 2. The lowest BCUT2D eigenvalue weighted by atomic mass is 10.1. The van der Waals surface area contributed by atoms with E-state index in [1.807, 2.05) is 12.1 Å². The van der Waals surface area contributed by atoms with Crippen molar-refractivity contribution in [1.82, 2.24) is 9.38 Å². The van der Waals surface area contributed by atoms with E-state index in [1.165, 1.54) is 16.3 Å². The summed E-state index contributed by atoms with van der Waals surface area (Å²) in [7, 11) is 0. The topological polar surface area (TPSA) is 17.3 Å². The molecule has 2 heterocycles. The van der Waals surface area contributed by atoms with Crippen molar-refractivity contribution in [2.45, 2.75) is 0 Å². The first-order valence-electron chi connectivity index (χ1n) is 8.42. The second-order valence-electron chi connectivity index (χ2n) is 6.14. The second kappa shape index (κ2) is 5.60. The fourth-order valence-electron chi connectivity index (χ4n) is 3.44. The summed E-state index contributed by atoms with van der Waals surface area (Å²) in [5.74, 6) is 0. The van der Waals surface area contributed by atoms with Crippen LogP contribution < -0.4 is 0 Å². The number of fused-ring (bicyclic) bond motifs is 3. The Morgan fingerprint density at radius 3 is 2.00 bits per heavy atom. The molecular formula is C23H16N2. The Morgan fingerprint density at radius 1 is 0.600 bits per heavy atom. The summed E-state index contributed by atoms with van der Waals surface area (Å²) < 4.78 is 2.21. The molecule has 0 fully saturated rings. The van der Waals surface area contributed by atoms with E-state index in [9.17, 15) is 0 Å². The Bertz CT molecular complexity index is 1170. The van der Waals surface area contributed by atoms with Crippen LogP contribution in [0.3, 0.4) is 0 Å². The van der Waals surface area contributed by atoms with E-state index in [0.29, 0.717) is 0 Å². The van der Waals surface area contributed by atoms with E-state index < -0.39 is 0 Å². The summed E-state index contributed by atoms with van der Waals surface area (Å²) in [6.45, 7) is 0. The third-order valence-electron chi connectivity index (χ3n) is 4.61. The van der Waals surface area contributed by atoms with Crippen LogP contribution in [0.15, 0.2) is 97.2 Å². The third-order valence-corrected chi connectivity index (χ3v) is 4.61. The minimum Gasteiger partial charge on any atom is -0.298 e. The number of hydrogen-bond acceptors (Lipinski definition) is 1. The molecule has 0 N–H and O–H groups in total. The van der Waals surface area contributed by atoms with E-state index in [2.05, 4.69) is 89.5 Å². The van der Waals surface area contributed by atoms with E-state index in [0.717, 1.165) is 22.6 Å². The van der Waals surface area contributed by atoms with E-state index in [1.54, 1.807) is 0 Å². The molecular weight excluding hydrogens is 304 g/mol. The Balaban J connectivity index is 1.93. The highest BCUT2D eigenvalue weighted by Crippen LogP contribution is 2.34. The first kappa shape index (κ1) is 14.0.